The van der Waals surface area contributed by atoms with Crippen LogP contribution < -0.4 is 5.32 Å². The van der Waals surface area contributed by atoms with Crippen molar-refractivity contribution in [1.82, 2.24) is 5.32 Å². The van der Waals surface area contributed by atoms with Crippen molar-refractivity contribution in [3.8, 4) is 0 Å². The second-order valence-electron chi connectivity index (χ2n) is 5.27. The van der Waals surface area contributed by atoms with Gasteiger partial charge in [-0.25, -0.2) is 0 Å². The molecule has 1 saturated carbocycles. The molecule has 0 heterocycles. The minimum atomic E-state index is 0.713. The lowest BCUT2D eigenvalue weighted by molar-refractivity contribution is 0.680. The molecule has 1 nitrogen and oxygen atoms in total. The van der Waals surface area contributed by atoms with Crippen molar-refractivity contribution >= 4 is 23.4 Å². The molecular formula is C17H18ClNS. The molecule has 104 valence electrons. The van der Waals surface area contributed by atoms with Crippen molar-refractivity contribution in [2.45, 2.75) is 42.1 Å². The zero-order valence-corrected chi connectivity index (χ0v) is 13.1. The fourth-order valence-corrected chi connectivity index (χ4v) is 3.32. The Morgan fingerprint density at radius 3 is 2.70 bits per heavy atom. The molecule has 1 N–H and O–H groups in total. The van der Waals surface area contributed by atoms with Gasteiger partial charge in [-0.15, -0.1) is 0 Å². The lowest BCUT2D eigenvalue weighted by Crippen LogP contribution is -2.15. The van der Waals surface area contributed by atoms with Crippen LogP contribution in [0, 0.1) is 6.92 Å². The zero-order valence-electron chi connectivity index (χ0n) is 11.5. The molecule has 0 bridgehead atoms. The Bertz CT molecular complexity index is 608. The van der Waals surface area contributed by atoms with Crippen LogP contribution in [0.2, 0.25) is 5.02 Å². The van der Waals surface area contributed by atoms with Crippen LogP contribution in [0.1, 0.15) is 24.0 Å². The van der Waals surface area contributed by atoms with Crippen LogP contribution in [0.15, 0.2) is 52.3 Å². The monoisotopic (exact) mass is 303 g/mol. The number of benzene rings is 2. The summed E-state index contributed by atoms with van der Waals surface area (Å²) >= 11 is 7.97. The van der Waals surface area contributed by atoms with E-state index in [-0.39, 0.29) is 0 Å². The van der Waals surface area contributed by atoms with E-state index in [1.807, 2.05) is 17.8 Å². The minimum Gasteiger partial charge on any atom is -0.310 e. The van der Waals surface area contributed by atoms with Crippen LogP contribution >= 0.6 is 23.4 Å². The van der Waals surface area contributed by atoms with Gasteiger partial charge in [-0.3, -0.25) is 0 Å². The maximum atomic E-state index is 6.14. The third-order valence-electron chi connectivity index (χ3n) is 3.49. The van der Waals surface area contributed by atoms with E-state index in [0.717, 1.165) is 11.6 Å². The van der Waals surface area contributed by atoms with E-state index in [4.69, 9.17) is 11.6 Å². The summed E-state index contributed by atoms with van der Waals surface area (Å²) < 4.78 is 0. The quantitative estimate of drug-likeness (QED) is 0.829. The van der Waals surface area contributed by atoms with Gasteiger partial charge in [0, 0.05) is 27.4 Å². The number of rotatable bonds is 5. The Kier molecular flexibility index (Phi) is 4.35. The Hall–Kier alpha value is -0.960. The molecule has 0 amide bonds. The number of halogens is 1. The molecule has 0 spiro atoms. The van der Waals surface area contributed by atoms with Gasteiger partial charge in [0.2, 0.25) is 0 Å². The standard InChI is InChI=1S/C17H18ClNS/c1-12-4-2-3-5-16(12)20-17-9-6-14(18)10-13(17)11-19-15-7-8-15/h2-6,9-10,15,19H,7-8,11H2,1H3. The summed E-state index contributed by atoms with van der Waals surface area (Å²) in [6, 6.07) is 15.4. The van der Waals surface area contributed by atoms with E-state index in [2.05, 4.69) is 48.6 Å². The summed E-state index contributed by atoms with van der Waals surface area (Å²) in [5.74, 6) is 0. The van der Waals surface area contributed by atoms with Gasteiger partial charge in [0.05, 0.1) is 0 Å². The predicted molar refractivity (Wildman–Crippen MR) is 86.6 cm³/mol. The Labute approximate surface area is 129 Å². The lowest BCUT2D eigenvalue weighted by Gasteiger charge is -2.12. The summed E-state index contributed by atoms with van der Waals surface area (Å²) in [5, 5.41) is 4.38. The maximum absolute atomic E-state index is 6.14. The van der Waals surface area contributed by atoms with Gasteiger partial charge in [-0.2, -0.15) is 0 Å². The molecule has 1 fully saturated rings. The second kappa shape index (κ2) is 6.21. The average Bonchev–Trinajstić information content (AvgIpc) is 3.25. The summed E-state index contributed by atoms with van der Waals surface area (Å²) in [6.07, 6.45) is 2.61. The first-order valence-corrected chi connectivity index (χ1v) is 8.17. The average molecular weight is 304 g/mol. The number of hydrogen-bond acceptors (Lipinski definition) is 2. The summed E-state index contributed by atoms with van der Waals surface area (Å²) in [6.45, 7) is 3.06. The minimum absolute atomic E-state index is 0.713. The summed E-state index contributed by atoms with van der Waals surface area (Å²) in [7, 11) is 0. The van der Waals surface area contributed by atoms with Gasteiger partial charge in [0.1, 0.15) is 0 Å². The fraction of sp³-hybridized carbons (Fsp3) is 0.294. The molecule has 2 aromatic carbocycles. The molecule has 3 heteroatoms. The van der Waals surface area contributed by atoms with Gasteiger partial charge in [-0.1, -0.05) is 41.6 Å². The van der Waals surface area contributed by atoms with Crippen molar-refractivity contribution in [3.05, 3.63) is 58.6 Å². The summed E-state index contributed by atoms with van der Waals surface area (Å²) in [5.41, 5.74) is 2.60. The molecule has 3 rings (SSSR count). The summed E-state index contributed by atoms with van der Waals surface area (Å²) in [4.78, 5) is 2.60. The predicted octanol–water partition coefficient (Wildman–Crippen LogP) is 5.05. The number of hydrogen-bond donors (Lipinski definition) is 1. The van der Waals surface area contributed by atoms with Gasteiger partial charge in [0.15, 0.2) is 0 Å². The van der Waals surface area contributed by atoms with Crippen LogP contribution in [0.25, 0.3) is 0 Å². The molecule has 1 aliphatic rings. The highest BCUT2D eigenvalue weighted by molar-refractivity contribution is 7.99. The van der Waals surface area contributed by atoms with Gasteiger partial charge in [-0.05, 0) is 55.2 Å². The first kappa shape index (κ1) is 14.0. The maximum Gasteiger partial charge on any atom is 0.0410 e. The molecule has 0 atom stereocenters. The highest BCUT2D eigenvalue weighted by atomic mass is 35.5. The van der Waals surface area contributed by atoms with Crippen LogP contribution in [-0.4, -0.2) is 6.04 Å². The zero-order chi connectivity index (χ0) is 13.9. The van der Waals surface area contributed by atoms with Crippen LogP contribution in [-0.2, 0) is 6.54 Å². The van der Waals surface area contributed by atoms with Crippen LogP contribution in [0.4, 0.5) is 0 Å². The molecule has 2 aromatic rings. The second-order valence-corrected chi connectivity index (χ2v) is 6.79. The molecule has 0 aliphatic heterocycles. The van der Waals surface area contributed by atoms with Gasteiger partial charge >= 0.3 is 0 Å². The number of nitrogens with one attached hydrogen (secondary N) is 1. The van der Waals surface area contributed by atoms with Crippen molar-refractivity contribution in [2.24, 2.45) is 0 Å². The van der Waals surface area contributed by atoms with Crippen LogP contribution in [0.3, 0.4) is 0 Å². The molecule has 0 radical (unpaired) electrons. The smallest absolute Gasteiger partial charge is 0.0410 e. The van der Waals surface area contributed by atoms with Crippen molar-refractivity contribution in [3.63, 3.8) is 0 Å². The highest BCUT2D eigenvalue weighted by Crippen LogP contribution is 2.34. The van der Waals surface area contributed by atoms with Crippen LogP contribution in [0.5, 0.6) is 0 Å². The first-order chi connectivity index (χ1) is 9.72. The van der Waals surface area contributed by atoms with Gasteiger partial charge in [0.25, 0.3) is 0 Å². The third kappa shape index (κ3) is 3.57. The van der Waals surface area contributed by atoms with Crippen molar-refractivity contribution in [1.29, 1.82) is 0 Å². The molecule has 20 heavy (non-hydrogen) atoms. The molecule has 0 saturated heterocycles. The Morgan fingerprint density at radius 2 is 1.95 bits per heavy atom. The number of aryl methyl sites for hydroxylation is 1. The highest BCUT2D eigenvalue weighted by Gasteiger charge is 2.20. The Morgan fingerprint density at radius 1 is 1.15 bits per heavy atom. The van der Waals surface area contributed by atoms with Crippen molar-refractivity contribution < 1.29 is 0 Å². The fourth-order valence-electron chi connectivity index (χ4n) is 2.12. The van der Waals surface area contributed by atoms with E-state index < -0.39 is 0 Å². The largest absolute Gasteiger partial charge is 0.310 e. The van der Waals surface area contributed by atoms with E-state index in [9.17, 15) is 0 Å². The van der Waals surface area contributed by atoms with E-state index in [0.29, 0.717) is 6.04 Å². The molecular weight excluding hydrogens is 286 g/mol. The SMILES string of the molecule is Cc1ccccc1Sc1ccc(Cl)cc1CNC1CC1. The third-order valence-corrected chi connectivity index (χ3v) is 5.03. The molecule has 1 aliphatic carbocycles. The first-order valence-electron chi connectivity index (χ1n) is 6.97. The van der Waals surface area contributed by atoms with Crippen molar-refractivity contribution in [2.75, 3.05) is 0 Å². The topological polar surface area (TPSA) is 12.0 Å². The lowest BCUT2D eigenvalue weighted by atomic mass is 10.2. The van der Waals surface area contributed by atoms with E-state index >= 15 is 0 Å². The Balaban J connectivity index is 1.82. The van der Waals surface area contributed by atoms with E-state index in [1.165, 1.54) is 33.8 Å². The molecule has 0 unspecified atom stereocenters. The molecule has 0 aromatic heterocycles. The van der Waals surface area contributed by atoms with Gasteiger partial charge < -0.3 is 5.32 Å². The normalized spacial score (nSPS) is 14.5. The van der Waals surface area contributed by atoms with E-state index in [1.54, 1.807) is 0 Å².